The Hall–Kier alpha value is -0.0900. The normalized spacial score (nSPS) is 23.2. The zero-order valence-corrected chi connectivity index (χ0v) is 14.1. The van der Waals surface area contributed by atoms with E-state index >= 15 is 0 Å². The lowest BCUT2D eigenvalue weighted by Crippen LogP contribution is -2.44. The van der Waals surface area contributed by atoms with Gasteiger partial charge in [0.1, 0.15) is 0 Å². The van der Waals surface area contributed by atoms with Crippen LogP contribution < -0.4 is 5.32 Å². The van der Waals surface area contributed by atoms with Crippen LogP contribution in [0.4, 0.5) is 0 Å². The highest BCUT2D eigenvalue weighted by Gasteiger charge is 2.30. The van der Waals surface area contributed by atoms with Crippen molar-refractivity contribution in [1.82, 2.24) is 10.2 Å². The molecule has 1 aliphatic heterocycles. The minimum absolute atomic E-state index is 0.676. The van der Waals surface area contributed by atoms with Gasteiger partial charge >= 0.3 is 0 Å². The minimum atomic E-state index is 0.676. The molecule has 1 atom stereocenters. The lowest BCUT2D eigenvalue weighted by atomic mass is 10.0. The van der Waals surface area contributed by atoms with Crippen LogP contribution in [0.1, 0.15) is 37.7 Å². The molecule has 1 N–H and O–H groups in total. The molecule has 1 aromatic rings. The molecule has 3 rings (SSSR count). The van der Waals surface area contributed by atoms with E-state index in [4.69, 9.17) is 11.6 Å². The summed E-state index contributed by atoms with van der Waals surface area (Å²) in [4.78, 5) is 2.64. The van der Waals surface area contributed by atoms with Gasteiger partial charge in [-0.15, -0.1) is 0 Å². The van der Waals surface area contributed by atoms with Gasteiger partial charge in [0.2, 0.25) is 0 Å². The van der Waals surface area contributed by atoms with Crippen LogP contribution in [0.5, 0.6) is 0 Å². The van der Waals surface area contributed by atoms with Crippen LogP contribution in [-0.2, 0) is 6.54 Å². The molecule has 0 bridgehead atoms. The Labute approximate surface area is 135 Å². The van der Waals surface area contributed by atoms with Gasteiger partial charge in [-0.05, 0) is 65.9 Å². The molecule has 4 heteroatoms. The fourth-order valence-corrected chi connectivity index (χ4v) is 3.47. The van der Waals surface area contributed by atoms with Crippen LogP contribution >= 0.6 is 27.5 Å². The molecule has 2 fully saturated rings. The molecule has 0 spiro atoms. The fourth-order valence-electron chi connectivity index (χ4n) is 3.02. The highest BCUT2D eigenvalue weighted by molar-refractivity contribution is 9.10. The van der Waals surface area contributed by atoms with E-state index in [2.05, 4.69) is 44.3 Å². The molecule has 1 saturated carbocycles. The molecule has 1 aromatic carbocycles. The van der Waals surface area contributed by atoms with Crippen molar-refractivity contribution < 1.29 is 0 Å². The summed E-state index contributed by atoms with van der Waals surface area (Å²) in [5, 5.41) is 4.48. The summed E-state index contributed by atoms with van der Waals surface area (Å²) in [5.74, 6) is 0. The lowest BCUT2D eigenvalue weighted by Gasteiger charge is -2.30. The first-order valence-corrected chi connectivity index (χ1v) is 8.81. The summed E-state index contributed by atoms with van der Waals surface area (Å²) < 4.78 is 0.981. The Morgan fingerprint density at radius 3 is 2.75 bits per heavy atom. The molecule has 1 heterocycles. The average Bonchev–Trinajstić information content (AvgIpc) is 3.28. The first-order valence-electron chi connectivity index (χ1n) is 7.64. The first kappa shape index (κ1) is 14.8. The Balaban J connectivity index is 1.62. The summed E-state index contributed by atoms with van der Waals surface area (Å²) in [5.41, 5.74) is 1.32. The fraction of sp³-hybridized carbons (Fsp3) is 0.625. The Kier molecular flexibility index (Phi) is 5.03. The maximum absolute atomic E-state index is 6.21. The van der Waals surface area contributed by atoms with Crippen LogP contribution in [0.2, 0.25) is 5.02 Å². The Morgan fingerprint density at radius 2 is 2.10 bits per heavy atom. The predicted molar refractivity (Wildman–Crippen MR) is 88.2 cm³/mol. The summed E-state index contributed by atoms with van der Waals surface area (Å²) in [7, 11) is 0. The molecule has 110 valence electrons. The Morgan fingerprint density at radius 1 is 1.25 bits per heavy atom. The first-order chi connectivity index (χ1) is 9.72. The smallest absolute Gasteiger partial charge is 0.0551 e. The van der Waals surface area contributed by atoms with Gasteiger partial charge in [-0.3, -0.25) is 4.90 Å². The third kappa shape index (κ3) is 3.97. The lowest BCUT2D eigenvalue weighted by molar-refractivity contribution is 0.208. The summed E-state index contributed by atoms with van der Waals surface area (Å²) in [6.07, 6.45) is 6.75. The summed E-state index contributed by atoms with van der Waals surface area (Å²) in [6, 6.07) is 7.80. The summed E-state index contributed by atoms with van der Waals surface area (Å²) >= 11 is 9.67. The van der Waals surface area contributed by atoms with E-state index in [1.54, 1.807) is 0 Å². The van der Waals surface area contributed by atoms with Gasteiger partial charge in [0.05, 0.1) is 5.02 Å². The number of piperidine rings is 1. The van der Waals surface area contributed by atoms with Crippen molar-refractivity contribution in [2.24, 2.45) is 0 Å². The van der Waals surface area contributed by atoms with Crippen molar-refractivity contribution in [3.05, 3.63) is 33.3 Å². The molecule has 0 amide bonds. The highest BCUT2D eigenvalue weighted by Crippen LogP contribution is 2.30. The molecule has 2 nitrogen and oxygen atoms in total. The van der Waals surface area contributed by atoms with E-state index in [0.717, 1.165) is 22.1 Å². The maximum atomic E-state index is 6.21. The number of halogens is 2. The molecule has 20 heavy (non-hydrogen) atoms. The molecule has 1 saturated heterocycles. The molecule has 1 unspecified atom stereocenters. The average molecular weight is 358 g/mol. The topological polar surface area (TPSA) is 15.3 Å². The van der Waals surface area contributed by atoms with Gasteiger partial charge in [0, 0.05) is 29.6 Å². The van der Waals surface area contributed by atoms with Crippen molar-refractivity contribution in [2.75, 3.05) is 13.1 Å². The van der Waals surface area contributed by atoms with Crippen LogP contribution in [0.15, 0.2) is 22.7 Å². The molecular formula is C16H22BrClN2. The molecule has 1 aliphatic carbocycles. The van der Waals surface area contributed by atoms with E-state index in [-0.39, 0.29) is 0 Å². The standard InChI is InChI=1S/C16H22BrClN2/c17-15-7-4-12(9-16(15)18)10-20(14-5-6-14)11-13-3-1-2-8-19-13/h4,7,9,13-14,19H,1-3,5-6,8,10-11H2. The SMILES string of the molecule is Clc1cc(CN(CC2CCCCN2)C2CC2)ccc1Br. The molecular weight excluding hydrogens is 336 g/mol. The second kappa shape index (κ2) is 6.78. The second-order valence-corrected chi connectivity index (χ2v) is 7.32. The van der Waals surface area contributed by atoms with Crippen molar-refractivity contribution in [3.63, 3.8) is 0 Å². The largest absolute Gasteiger partial charge is 0.313 e. The van der Waals surface area contributed by atoms with E-state index in [1.165, 1.54) is 50.8 Å². The van der Waals surface area contributed by atoms with E-state index < -0.39 is 0 Å². The van der Waals surface area contributed by atoms with Gasteiger partial charge in [0.25, 0.3) is 0 Å². The van der Waals surface area contributed by atoms with Crippen LogP contribution in [0.3, 0.4) is 0 Å². The zero-order chi connectivity index (χ0) is 13.9. The second-order valence-electron chi connectivity index (χ2n) is 6.06. The van der Waals surface area contributed by atoms with Crippen molar-refractivity contribution in [3.8, 4) is 0 Å². The molecule has 0 radical (unpaired) electrons. The highest BCUT2D eigenvalue weighted by atomic mass is 79.9. The van der Waals surface area contributed by atoms with Gasteiger partial charge in [-0.1, -0.05) is 24.1 Å². The molecule has 2 aliphatic rings. The third-order valence-electron chi connectivity index (χ3n) is 4.30. The van der Waals surface area contributed by atoms with Crippen LogP contribution in [0.25, 0.3) is 0 Å². The van der Waals surface area contributed by atoms with Crippen LogP contribution in [-0.4, -0.2) is 30.1 Å². The third-order valence-corrected chi connectivity index (χ3v) is 5.53. The van der Waals surface area contributed by atoms with E-state index in [1.807, 2.05) is 0 Å². The van der Waals surface area contributed by atoms with Gasteiger partial charge in [0.15, 0.2) is 0 Å². The minimum Gasteiger partial charge on any atom is -0.313 e. The number of nitrogens with one attached hydrogen (secondary N) is 1. The predicted octanol–water partition coefficient (Wildman–Crippen LogP) is 4.21. The van der Waals surface area contributed by atoms with Crippen LogP contribution in [0, 0.1) is 0 Å². The number of nitrogens with zero attached hydrogens (tertiary/aromatic N) is 1. The quantitative estimate of drug-likeness (QED) is 0.849. The van der Waals surface area contributed by atoms with Crippen molar-refractivity contribution in [2.45, 2.75) is 50.7 Å². The number of hydrogen-bond donors (Lipinski definition) is 1. The van der Waals surface area contributed by atoms with Crippen molar-refractivity contribution in [1.29, 1.82) is 0 Å². The Bertz CT molecular complexity index is 456. The summed E-state index contributed by atoms with van der Waals surface area (Å²) in [6.45, 7) is 3.39. The van der Waals surface area contributed by atoms with Gasteiger partial charge in [-0.25, -0.2) is 0 Å². The van der Waals surface area contributed by atoms with E-state index in [9.17, 15) is 0 Å². The zero-order valence-electron chi connectivity index (χ0n) is 11.7. The number of hydrogen-bond acceptors (Lipinski definition) is 2. The monoisotopic (exact) mass is 356 g/mol. The van der Waals surface area contributed by atoms with E-state index in [0.29, 0.717) is 6.04 Å². The maximum Gasteiger partial charge on any atom is 0.0551 e. The number of rotatable bonds is 5. The van der Waals surface area contributed by atoms with Gasteiger partial charge in [-0.2, -0.15) is 0 Å². The van der Waals surface area contributed by atoms with Gasteiger partial charge < -0.3 is 5.32 Å². The number of benzene rings is 1. The van der Waals surface area contributed by atoms with Crippen molar-refractivity contribution >= 4 is 27.5 Å². The molecule has 0 aromatic heterocycles.